The molecule has 1 heterocycles. The monoisotopic (exact) mass is 309 g/mol. The number of hydrogen-bond donors (Lipinski definition) is 1. The largest absolute Gasteiger partial charge is 0.392 e. The van der Waals surface area contributed by atoms with E-state index in [9.17, 15) is 5.11 Å². The Morgan fingerprint density at radius 1 is 1.04 bits per heavy atom. The smallest absolute Gasteiger partial charge is 0.234 e. The van der Waals surface area contributed by atoms with E-state index in [1.165, 1.54) is 11.1 Å². The van der Waals surface area contributed by atoms with Gasteiger partial charge >= 0.3 is 0 Å². The Labute approximate surface area is 138 Å². The van der Waals surface area contributed by atoms with Gasteiger partial charge in [-0.05, 0) is 11.1 Å². The zero-order valence-electron chi connectivity index (χ0n) is 13.7. The first-order valence-corrected chi connectivity index (χ1v) is 8.27. The number of benzene rings is 2. The number of hydrogen-bond acceptors (Lipinski definition) is 2. The molecule has 0 aromatic heterocycles. The van der Waals surface area contributed by atoms with Gasteiger partial charge < -0.3 is 5.11 Å². The average Bonchev–Trinajstić information content (AvgIpc) is 2.95. The standard InChI is InChI=1S/C20H25N2O/c1-21-16-22(14-19(21)12-17-8-4-2-5-9-17)20(15-23)13-18-10-6-3-7-11-18/h2-11,16,19-20,23H,12-15H2,1H3/q+1/t19-,20-/m0/s1. The maximum absolute atomic E-state index is 9.83. The molecule has 0 amide bonds. The summed E-state index contributed by atoms with van der Waals surface area (Å²) in [4.78, 5) is 2.29. The molecule has 0 aliphatic carbocycles. The van der Waals surface area contributed by atoms with Crippen molar-refractivity contribution >= 4 is 6.34 Å². The quantitative estimate of drug-likeness (QED) is 0.828. The number of likely N-dealkylation sites (N-methyl/N-ethyl adjacent to an activating group) is 1. The zero-order chi connectivity index (χ0) is 16.1. The molecule has 3 nitrogen and oxygen atoms in total. The number of nitrogens with zero attached hydrogens (tertiary/aromatic N) is 2. The van der Waals surface area contributed by atoms with Gasteiger partial charge in [-0.3, -0.25) is 9.48 Å². The van der Waals surface area contributed by atoms with Crippen LogP contribution in [0.4, 0.5) is 0 Å². The summed E-state index contributed by atoms with van der Waals surface area (Å²) in [5.41, 5.74) is 2.64. The van der Waals surface area contributed by atoms with Crippen LogP contribution in [0, 0.1) is 0 Å². The molecule has 1 aliphatic rings. The lowest BCUT2D eigenvalue weighted by atomic mass is 10.0. The summed E-state index contributed by atoms with van der Waals surface area (Å²) in [5, 5.41) is 9.83. The Kier molecular flexibility index (Phi) is 5.09. The molecule has 0 bridgehead atoms. The first-order chi connectivity index (χ1) is 11.3. The molecule has 0 saturated heterocycles. The van der Waals surface area contributed by atoms with Gasteiger partial charge in [-0.15, -0.1) is 0 Å². The first-order valence-electron chi connectivity index (χ1n) is 8.27. The lowest BCUT2D eigenvalue weighted by molar-refractivity contribution is -0.522. The molecule has 0 radical (unpaired) electrons. The fourth-order valence-corrected chi connectivity index (χ4v) is 3.26. The van der Waals surface area contributed by atoms with Crippen molar-refractivity contribution in [1.82, 2.24) is 4.90 Å². The Morgan fingerprint density at radius 3 is 2.26 bits per heavy atom. The van der Waals surface area contributed by atoms with Gasteiger partial charge in [-0.1, -0.05) is 60.7 Å². The van der Waals surface area contributed by atoms with Crippen LogP contribution < -0.4 is 0 Å². The Hall–Kier alpha value is -2.13. The van der Waals surface area contributed by atoms with Gasteiger partial charge in [0.15, 0.2) is 0 Å². The van der Waals surface area contributed by atoms with Gasteiger partial charge in [0, 0.05) is 12.8 Å². The van der Waals surface area contributed by atoms with Crippen molar-refractivity contribution in [2.75, 3.05) is 20.2 Å². The van der Waals surface area contributed by atoms with E-state index in [2.05, 4.69) is 77.5 Å². The van der Waals surface area contributed by atoms with Crippen molar-refractivity contribution in [3.63, 3.8) is 0 Å². The second-order valence-electron chi connectivity index (χ2n) is 6.35. The van der Waals surface area contributed by atoms with Crippen LogP contribution in [0.25, 0.3) is 0 Å². The van der Waals surface area contributed by atoms with Crippen LogP contribution in [0.15, 0.2) is 60.7 Å². The summed E-state index contributed by atoms with van der Waals surface area (Å²) in [6.07, 6.45) is 4.07. The fourth-order valence-electron chi connectivity index (χ4n) is 3.26. The predicted molar refractivity (Wildman–Crippen MR) is 93.9 cm³/mol. The van der Waals surface area contributed by atoms with Gasteiger partial charge in [0.25, 0.3) is 0 Å². The third-order valence-corrected chi connectivity index (χ3v) is 4.64. The molecule has 3 rings (SSSR count). The minimum atomic E-state index is 0.139. The molecular formula is C20H25N2O+. The van der Waals surface area contributed by atoms with E-state index in [-0.39, 0.29) is 12.6 Å². The predicted octanol–water partition coefficient (Wildman–Crippen LogP) is 2.19. The highest BCUT2D eigenvalue weighted by Gasteiger charge is 2.33. The number of rotatable bonds is 6. The van der Waals surface area contributed by atoms with Crippen LogP contribution >= 0.6 is 0 Å². The van der Waals surface area contributed by atoms with Crippen molar-refractivity contribution in [1.29, 1.82) is 0 Å². The molecule has 0 unspecified atom stereocenters. The molecule has 23 heavy (non-hydrogen) atoms. The van der Waals surface area contributed by atoms with E-state index in [1.807, 2.05) is 6.07 Å². The van der Waals surface area contributed by atoms with Gasteiger partial charge in [0.05, 0.1) is 13.7 Å². The van der Waals surface area contributed by atoms with Crippen molar-refractivity contribution in [3.05, 3.63) is 71.8 Å². The van der Waals surface area contributed by atoms with E-state index in [4.69, 9.17) is 0 Å². The normalized spacial score (nSPS) is 18.8. The van der Waals surface area contributed by atoms with Crippen LogP contribution in [0.2, 0.25) is 0 Å². The third-order valence-electron chi connectivity index (χ3n) is 4.64. The summed E-state index contributed by atoms with van der Waals surface area (Å²) in [6.45, 7) is 1.14. The van der Waals surface area contributed by atoms with Crippen LogP contribution in [0.1, 0.15) is 11.1 Å². The highest BCUT2D eigenvalue weighted by molar-refractivity contribution is 5.52. The number of aliphatic hydroxyl groups excluding tert-OH is 1. The minimum absolute atomic E-state index is 0.139. The minimum Gasteiger partial charge on any atom is -0.392 e. The molecule has 0 spiro atoms. The molecule has 3 heteroatoms. The first kappa shape index (κ1) is 15.8. The van der Waals surface area contributed by atoms with E-state index >= 15 is 0 Å². The van der Waals surface area contributed by atoms with E-state index in [0.29, 0.717) is 6.04 Å². The Bertz CT molecular complexity index is 639. The molecule has 0 fully saturated rings. The van der Waals surface area contributed by atoms with E-state index < -0.39 is 0 Å². The Balaban J connectivity index is 1.64. The van der Waals surface area contributed by atoms with Crippen LogP contribution in [-0.2, 0) is 12.8 Å². The van der Waals surface area contributed by atoms with Crippen molar-refractivity contribution < 1.29 is 9.68 Å². The van der Waals surface area contributed by atoms with E-state index in [0.717, 1.165) is 19.4 Å². The summed E-state index contributed by atoms with van der Waals surface area (Å²) < 4.78 is 2.28. The second-order valence-corrected chi connectivity index (χ2v) is 6.35. The fraction of sp³-hybridized carbons (Fsp3) is 0.350. The second kappa shape index (κ2) is 7.42. The highest BCUT2D eigenvalue weighted by Crippen LogP contribution is 2.15. The van der Waals surface area contributed by atoms with Crippen LogP contribution in [0.5, 0.6) is 0 Å². The molecule has 2 atom stereocenters. The molecule has 1 aliphatic heterocycles. The van der Waals surface area contributed by atoms with E-state index in [1.54, 1.807) is 0 Å². The lowest BCUT2D eigenvalue weighted by Gasteiger charge is -2.20. The summed E-state index contributed by atoms with van der Waals surface area (Å²) in [5.74, 6) is 0. The van der Waals surface area contributed by atoms with Crippen molar-refractivity contribution in [2.45, 2.75) is 24.9 Å². The van der Waals surface area contributed by atoms with Crippen LogP contribution in [0.3, 0.4) is 0 Å². The zero-order valence-corrected chi connectivity index (χ0v) is 13.7. The molecule has 2 aromatic carbocycles. The molecule has 120 valence electrons. The SMILES string of the molecule is C[N+]1=CN([C@H](CO)Cc2ccccc2)C[C@@H]1Cc1ccccc1. The van der Waals surface area contributed by atoms with Crippen molar-refractivity contribution in [3.8, 4) is 0 Å². The van der Waals surface area contributed by atoms with Gasteiger partial charge in [0.2, 0.25) is 6.34 Å². The summed E-state index contributed by atoms with van der Waals surface area (Å²) in [7, 11) is 2.13. The van der Waals surface area contributed by atoms with Gasteiger partial charge in [-0.25, -0.2) is 0 Å². The van der Waals surface area contributed by atoms with Crippen LogP contribution in [-0.4, -0.2) is 53.2 Å². The summed E-state index contributed by atoms with van der Waals surface area (Å²) >= 11 is 0. The maximum Gasteiger partial charge on any atom is 0.234 e. The average molecular weight is 309 g/mol. The van der Waals surface area contributed by atoms with Gasteiger partial charge in [-0.2, -0.15) is 0 Å². The summed E-state index contributed by atoms with van der Waals surface area (Å²) in [6, 6.07) is 21.6. The molecule has 1 N–H and O–H groups in total. The van der Waals surface area contributed by atoms with Gasteiger partial charge in [0.1, 0.15) is 18.6 Å². The molecular weight excluding hydrogens is 284 g/mol. The Morgan fingerprint density at radius 2 is 1.65 bits per heavy atom. The molecule has 2 aromatic rings. The topological polar surface area (TPSA) is 26.5 Å². The highest BCUT2D eigenvalue weighted by atomic mass is 16.3. The van der Waals surface area contributed by atoms with Crippen molar-refractivity contribution in [2.24, 2.45) is 0 Å². The maximum atomic E-state index is 9.83. The number of aliphatic hydroxyl groups is 1. The lowest BCUT2D eigenvalue weighted by Crippen LogP contribution is -2.39. The third kappa shape index (κ3) is 3.99. The molecule has 0 saturated carbocycles.